The minimum atomic E-state index is -2.87. The van der Waals surface area contributed by atoms with Gasteiger partial charge in [0.2, 0.25) is 0 Å². The Bertz CT molecular complexity index is 1070. The molecule has 1 aliphatic heterocycles. The van der Waals surface area contributed by atoms with Crippen LogP contribution in [0.1, 0.15) is 35.5 Å². The van der Waals surface area contributed by atoms with Crippen LogP contribution in [0.2, 0.25) is 0 Å². The van der Waals surface area contributed by atoms with Gasteiger partial charge in [-0.3, -0.25) is 0 Å². The molecule has 0 amide bonds. The first-order chi connectivity index (χ1) is 15.5. The van der Waals surface area contributed by atoms with Crippen molar-refractivity contribution in [2.24, 2.45) is 0 Å². The highest BCUT2D eigenvalue weighted by molar-refractivity contribution is 7.30. The maximum atomic E-state index is 8.70. The number of aromatic nitrogens is 3. The molecule has 1 saturated heterocycles. The summed E-state index contributed by atoms with van der Waals surface area (Å²) in [6.07, 6.45) is 1.99. The Morgan fingerprint density at radius 3 is 1.56 bits per heavy atom. The Morgan fingerprint density at radius 2 is 1.22 bits per heavy atom. The molecule has 5 rings (SSSR count). The number of rotatable bonds is 5. The van der Waals surface area contributed by atoms with Crippen LogP contribution in [0, 0.1) is 0 Å². The van der Waals surface area contributed by atoms with Gasteiger partial charge in [0.1, 0.15) is 18.0 Å². The second-order valence-corrected chi connectivity index (χ2v) is 7.88. The summed E-state index contributed by atoms with van der Waals surface area (Å²) < 4.78 is 16.3. The maximum absolute atomic E-state index is 8.70. The minimum absolute atomic E-state index is 0.0127. The molecule has 1 aromatic heterocycles. The van der Waals surface area contributed by atoms with E-state index in [-0.39, 0.29) is 12.2 Å². The van der Waals surface area contributed by atoms with Crippen molar-refractivity contribution >= 4 is 8.25 Å². The Kier molecular flexibility index (Phi) is 6.53. The van der Waals surface area contributed by atoms with Crippen LogP contribution in [-0.4, -0.2) is 30.7 Å². The molecule has 2 atom stereocenters. The second kappa shape index (κ2) is 9.51. The molecule has 1 aliphatic rings. The van der Waals surface area contributed by atoms with E-state index >= 15 is 0 Å². The molecule has 4 aromatic rings. The number of benzene rings is 3. The van der Waals surface area contributed by atoms with Crippen LogP contribution in [-0.2, 0) is 14.8 Å². The molecule has 0 aliphatic carbocycles. The average Bonchev–Trinajstić information content (AvgIpc) is 3.34. The number of nitrogens with zero attached hydrogens (tertiary/aromatic N) is 3. The molecule has 0 spiro atoms. The monoisotopic (exact) mass is 448 g/mol. The molecule has 8 heteroatoms. The van der Waals surface area contributed by atoms with Crippen LogP contribution in [0.3, 0.4) is 0 Å². The summed E-state index contributed by atoms with van der Waals surface area (Å²) in [5, 5.41) is 4.90. The Hall–Kier alpha value is -3.22. The minimum Gasteiger partial charge on any atom is -0.361 e. The van der Waals surface area contributed by atoms with E-state index in [0.29, 0.717) is 0 Å². The predicted molar refractivity (Wildman–Crippen MR) is 120 cm³/mol. The lowest BCUT2D eigenvalue weighted by Gasteiger charge is -2.35. The standard InChI is InChI=1S/C24H21N3O.HO3P/c1-18-22(28-18)23-25-17-27(26-23)24(19-11-5-2-6-12-19,20-13-7-3-8-14-20)21-15-9-4-10-16-21;1-4(2)3/h2-18,22H,1H3;(H-,1,2,3)/p+1. The van der Waals surface area contributed by atoms with Gasteiger partial charge in [0.25, 0.3) is 0 Å². The summed E-state index contributed by atoms with van der Waals surface area (Å²) in [6.45, 7) is 2.05. The Labute approximate surface area is 186 Å². The van der Waals surface area contributed by atoms with Gasteiger partial charge in [0, 0.05) is 4.57 Å². The highest BCUT2D eigenvalue weighted by atomic mass is 31.1. The van der Waals surface area contributed by atoms with Gasteiger partial charge in [-0.2, -0.15) is 5.10 Å². The molecule has 32 heavy (non-hydrogen) atoms. The van der Waals surface area contributed by atoms with E-state index in [1.54, 1.807) is 0 Å². The van der Waals surface area contributed by atoms with E-state index in [0.717, 1.165) is 22.5 Å². The fourth-order valence-electron chi connectivity index (χ4n) is 3.96. The third kappa shape index (κ3) is 4.38. The van der Waals surface area contributed by atoms with E-state index in [9.17, 15) is 0 Å². The van der Waals surface area contributed by atoms with Crippen LogP contribution in [0.4, 0.5) is 0 Å². The Morgan fingerprint density at radius 1 is 0.844 bits per heavy atom. The SMILES string of the molecule is CC1OC1c1ncn(C(c2ccccc2)(c2ccccc2)c2ccccc2)n1.O=[P+](O)O. The van der Waals surface area contributed by atoms with Gasteiger partial charge in [0.15, 0.2) is 5.82 Å². The van der Waals surface area contributed by atoms with Crippen molar-refractivity contribution in [3.05, 3.63) is 120 Å². The summed E-state index contributed by atoms with van der Waals surface area (Å²) in [4.78, 5) is 18.8. The van der Waals surface area contributed by atoms with Gasteiger partial charge >= 0.3 is 8.25 Å². The van der Waals surface area contributed by atoms with Crippen LogP contribution in [0.25, 0.3) is 0 Å². The van der Waals surface area contributed by atoms with Crippen molar-refractivity contribution in [2.45, 2.75) is 24.7 Å². The lowest BCUT2D eigenvalue weighted by atomic mass is 9.77. The van der Waals surface area contributed by atoms with E-state index in [1.807, 2.05) is 36.1 Å². The average molecular weight is 448 g/mol. The second-order valence-electron chi connectivity index (χ2n) is 7.37. The molecule has 162 valence electrons. The van der Waals surface area contributed by atoms with Crippen molar-refractivity contribution < 1.29 is 19.1 Å². The first kappa shape index (κ1) is 22.0. The van der Waals surface area contributed by atoms with Crippen molar-refractivity contribution in [1.82, 2.24) is 14.8 Å². The van der Waals surface area contributed by atoms with Crippen LogP contribution in [0.15, 0.2) is 97.3 Å². The first-order valence-corrected chi connectivity index (χ1v) is 11.3. The van der Waals surface area contributed by atoms with Crippen molar-refractivity contribution in [2.75, 3.05) is 0 Å². The summed E-state index contributed by atoms with van der Waals surface area (Å²) in [5.41, 5.74) is 2.78. The molecule has 0 radical (unpaired) electrons. The van der Waals surface area contributed by atoms with Gasteiger partial charge in [-0.25, -0.2) is 9.67 Å². The van der Waals surface area contributed by atoms with Crippen molar-refractivity contribution in [3.8, 4) is 0 Å². The molecule has 2 N–H and O–H groups in total. The van der Waals surface area contributed by atoms with Crippen LogP contribution >= 0.6 is 8.25 Å². The maximum Gasteiger partial charge on any atom is 0.692 e. The van der Waals surface area contributed by atoms with E-state index in [2.05, 4.69) is 77.8 Å². The number of ether oxygens (including phenoxy) is 1. The van der Waals surface area contributed by atoms with Crippen molar-refractivity contribution in [3.63, 3.8) is 0 Å². The van der Waals surface area contributed by atoms with Crippen LogP contribution in [0.5, 0.6) is 0 Å². The van der Waals surface area contributed by atoms with Gasteiger partial charge < -0.3 is 4.74 Å². The quantitative estimate of drug-likeness (QED) is 0.270. The molecule has 7 nitrogen and oxygen atoms in total. The zero-order valence-electron chi connectivity index (χ0n) is 17.4. The number of epoxide rings is 1. The fourth-order valence-corrected chi connectivity index (χ4v) is 3.96. The zero-order valence-corrected chi connectivity index (χ0v) is 18.3. The molecule has 2 unspecified atom stereocenters. The summed E-state index contributed by atoms with van der Waals surface area (Å²) in [6, 6.07) is 31.4. The van der Waals surface area contributed by atoms with Crippen molar-refractivity contribution in [1.29, 1.82) is 0 Å². The third-order valence-electron chi connectivity index (χ3n) is 5.39. The van der Waals surface area contributed by atoms with Crippen LogP contribution < -0.4 is 0 Å². The fraction of sp³-hybridized carbons (Fsp3) is 0.167. The van der Waals surface area contributed by atoms with E-state index in [4.69, 9.17) is 24.2 Å². The smallest absolute Gasteiger partial charge is 0.361 e. The molecule has 2 heterocycles. The van der Waals surface area contributed by atoms with E-state index in [1.165, 1.54) is 0 Å². The lowest BCUT2D eigenvalue weighted by Crippen LogP contribution is -2.38. The summed E-state index contributed by atoms with van der Waals surface area (Å²) in [7, 11) is -2.87. The molecule has 0 bridgehead atoms. The highest BCUT2D eigenvalue weighted by Crippen LogP contribution is 2.41. The normalized spacial score (nSPS) is 17.2. The summed E-state index contributed by atoms with van der Waals surface area (Å²) in [5.74, 6) is 0.736. The lowest BCUT2D eigenvalue weighted by molar-refractivity contribution is 0.373. The van der Waals surface area contributed by atoms with Gasteiger partial charge in [-0.1, -0.05) is 91.0 Å². The first-order valence-electron chi connectivity index (χ1n) is 10.1. The third-order valence-corrected chi connectivity index (χ3v) is 5.39. The van der Waals surface area contributed by atoms with Gasteiger partial charge in [-0.05, 0) is 23.6 Å². The molecule has 0 saturated carbocycles. The zero-order chi connectivity index (χ0) is 22.6. The molecular weight excluding hydrogens is 425 g/mol. The number of hydrogen-bond acceptors (Lipinski definition) is 4. The van der Waals surface area contributed by atoms with Gasteiger partial charge in [0.05, 0.1) is 6.10 Å². The summed E-state index contributed by atoms with van der Waals surface area (Å²) >= 11 is 0. The largest absolute Gasteiger partial charge is 0.692 e. The molecule has 1 fully saturated rings. The molecule has 3 aromatic carbocycles. The number of hydrogen-bond donors (Lipinski definition) is 2. The highest BCUT2D eigenvalue weighted by Gasteiger charge is 2.43. The predicted octanol–water partition coefficient (Wildman–Crippen LogP) is 4.21. The Balaban J connectivity index is 0.000000567. The topological polar surface area (TPSA) is 101 Å². The molecular formula is C24H23N3O4P+. The van der Waals surface area contributed by atoms with Gasteiger partial charge in [-0.15, -0.1) is 9.79 Å². The van der Waals surface area contributed by atoms with E-state index < -0.39 is 13.8 Å².